The van der Waals surface area contributed by atoms with Crippen molar-refractivity contribution in [3.8, 4) is 0 Å². The van der Waals surface area contributed by atoms with Crippen LogP contribution in [0.25, 0.3) is 10.9 Å². The van der Waals surface area contributed by atoms with Gasteiger partial charge in [0, 0.05) is 26.0 Å². The van der Waals surface area contributed by atoms with E-state index in [0.29, 0.717) is 0 Å². The monoisotopic (exact) mass is 268 g/mol. The second-order valence-electron chi connectivity index (χ2n) is 5.07. The molecule has 1 aromatic carbocycles. The first-order chi connectivity index (χ1) is 9.79. The summed E-state index contributed by atoms with van der Waals surface area (Å²) in [7, 11) is 2.04. The molecular formula is C16H20N4. The van der Waals surface area contributed by atoms with Gasteiger partial charge in [-0.3, -0.25) is 0 Å². The molecule has 0 aliphatic heterocycles. The molecular weight excluding hydrogens is 248 g/mol. The zero-order valence-corrected chi connectivity index (χ0v) is 12.0. The highest BCUT2D eigenvalue weighted by molar-refractivity contribution is 5.83. The lowest BCUT2D eigenvalue weighted by atomic mass is 10.1. The van der Waals surface area contributed by atoms with Crippen LogP contribution in [-0.2, 0) is 20.1 Å². The molecule has 0 aliphatic carbocycles. The van der Waals surface area contributed by atoms with Crippen LogP contribution in [0.5, 0.6) is 0 Å². The molecule has 4 heteroatoms. The van der Waals surface area contributed by atoms with Gasteiger partial charge in [0.25, 0.3) is 0 Å². The lowest BCUT2D eigenvalue weighted by Crippen LogP contribution is -2.13. The first kappa shape index (κ1) is 12.9. The Kier molecular flexibility index (Phi) is 3.56. The molecule has 0 atom stereocenters. The first-order valence-corrected chi connectivity index (χ1v) is 7.02. The normalized spacial score (nSPS) is 11.3. The van der Waals surface area contributed by atoms with Crippen molar-refractivity contribution in [1.82, 2.24) is 19.4 Å². The van der Waals surface area contributed by atoms with E-state index in [4.69, 9.17) is 0 Å². The van der Waals surface area contributed by atoms with Gasteiger partial charge in [-0.05, 0) is 23.6 Å². The Morgan fingerprint density at radius 1 is 1.25 bits per heavy atom. The van der Waals surface area contributed by atoms with Crippen molar-refractivity contribution in [2.75, 3.05) is 6.54 Å². The summed E-state index contributed by atoms with van der Waals surface area (Å²) in [6.07, 6.45) is 5.94. The quantitative estimate of drug-likeness (QED) is 0.771. The SMILES string of the molecule is CCNCc1cccc2ccn(Cc3cncn3C)c12. The lowest BCUT2D eigenvalue weighted by molar-refractivity contribution is 0.715. The van der Waals surface area contributed by atoms with Gasteiger partial charge in [0.1, 0.15) is 0 Å². The van der Waals surface area contributed by atoms with Crippen molar-refractivity contribution < 1.29 is 0 Å². The second kappa shape index (κ2) is 5.51. The van der Waals surface area contributed by atoms with Crippen molar-refractivity contribution >= 4 is 10.9 Å². The number of aromatic nitrogens is 3. The van der Waals surface area contributed by atoms with Gasteiger partial charge >= 0.3 is 0 Å². The number of fused-ring (bicyclic) bond motifs is 1. The molecule has 0 amide bonds. The number of hydrogen-bond acceptors (Lipinski definition) is 2. The Bertz CT molecular complexity index is 708. The minimum absolute atomic E-state index is 0.850. The molecule has 0 spiro atoms. The summed E-state index contributed by atoms with van der Waals surface area (Å²) in [6, 6.07) is 8.68. The zero-order chi connectivity index (χ0) is 13.9. The van der Waals surface area contributed by atoms with Crippen LogP contribution in [0.1, 0.15) is 18.2 Å². The summed E-state index contributed by atoms with van der Waals surface area (Å²) < 4.78 is 4.37. The summed E-state index contributed by atoms with van der Waals surface area (Å²) in [6.45, 7) is 4.88. The van der Waals surface area contributed by atoms with Gasteiger partial charge in [-0.15, -0.1) is 0 Å². The first-order valence-electron chi connectivity index (χ1n) is 7.02. The van der Waals surface area contributed by atoms with Crippen molar-refractivity contribution in [1.29, 1.82) is 0 Å². The van der Waals surface area contributed by atoms with E-state index in [1.807, 2.05) is 19.6 Å². The maximum atomic E-state index is 4.19. The highest BCUT2D eigenvalue weighted by atomic mass is 15.1. The van der Waals surface area contributed by atoms with Crippen molar-refractivity contribution in [3.05, 3.63) is 54.2 Å². The molecule has 4 nitrogen and oxygen atoms in total. The molecule has 104 valence electrons. The predicted molar refractivity (Wildman–Crippen MR) is 81.6 cm³/mol. The fraction of sp³-hybridized carbons (Fsp3) is 0.312. The molecule has 0 fully saturated rings. The highest BCUT2D eigenvalue weighted by Gasteiger charge is 2.08. The van der Waals surface area contributed by atoms with Gasteiger partial charge in [0.15, 0.2) is 0 Å². The Hall–Kier alpha value is -2.07. The van der Waals surface area contributed by atoms with Gasteiger partial charge in [-0.1, -0.05) is 25.1 Å². The number of aryl methyl sites for hydroxylation is 1. The Labute approximate surface area is 119 Å². The molecule has 0 saturated carbocycles. The lowest BCUT2D eigenvalue weighted by Gasteiger charge is -2.10. The molecule has 0 saturated heterocycles. The van der Waals surface area contributed by atoms with Gasteiger partial charge in [0.05, 0.1) is 24.1 Å². The molecule has 0 unspecified atom stereocenters. The van der Waals surface area contributed by atoms with Crippen LogP contribution < -0.4 is 5.32 Å². The summed E-state index contributed by atoms with van der Waals surface area (Å²) in [4.78, 5) is 4.19. The van der Waals surface area contributed by atoms with E-state index in [2.05, 4.69) is 56.8 Å². The van der Waals surface area contributed by atoms with Crippen LogP contribution in [-0.4, -0.2) is 20.7 Å². The molecule has 0 bridgehead atoms. The number of nitrogens with one attached hydrogen (secondary N) is 1. The Morgan fingerprint density at radius 3 is 2.90 bits per heavy atom. The van der Waals surface area contributed by atoms with E-state index < -0.39 is 0 Å². The minimum Gasteiger partial charge on any atom is -0.341 e. The maximum absolute atomic E-state index is 4.19. The summed E-state index contributed by atoms with van der Waals surface area (Å²) in [5, 5.41) is 4.71. The third kappa shape index (κ3) is 2.34. The largest absolute Gasteiger partial charge is 0.341 e. The molecule has 3 aromatic rings. The van der Waals surface area contributed by atoms with E-state index >= 15 is 0 Å². The third-order valence-electron chi connectivity index (χ3n) is 3.69. The van der Waals surface area contributed by atoms with Crippen molar-refractivity contribution in [3.63, 3.8) is 0 Å². The van der Waals surface area contributed by atoms with E-state index in [-0.39, 0.29) is 0 Å². The highest BCUT2D eigenvalue weighted by Crippen LogP contribution is 2.21. The van der Waals surface area contributed by atoms with E-state index in [1.54, 1.807) is 0 Å². The molecule has 0 aliphatic rings. The predicted octanol–water partition coefficient (Wildman–Crippen LogP) is 2.53. The summed E-state index contributed by atoms with van der Waals surface area (Å²) >= 11 is 0. The van der Waals surface area contributed by atoms with Gasteiger partial charge in [-0.2, -0.15) is 0 Å². The third-order valence-corrected chi connectivity index (χ3v) is 3.69. The zero-order valence-electron chi connectivity index (χ0n) is 12.0. The van der Waals surface area contributed by atoms with Crippen LogP contribution in [0.2, 0.25) is 0 Å². The Morgan fingerprint density at radius 2 is 2.15 bits per heavy atom. The summed E-state index contributed by atoms with van der Waals surface area (Å²) in [5.41, 5.74) is 3.87. The molecule has 0 radical (unpaired) electrons. The number of benzene rings is 1. The fourth-order valence-corrected chi connectivity index (χ4v) is 2.59. The summed E-state index contributed by atoms with van der Waals surface area (Å²) in [5.74, 6) is 0. The molecule has 20 heavy (non-hydrogen) atoms. The minimum atomic E-state index is 0.850. The average molecular weight is 268 g/mol. The Balaban J connectivity index is 2.00. The second-order valence-corrected chi connectivity index (χ2v) is 5.07. The van der Waals surface area contributed by atoms with Crippen LogP contribution in [0.3, 0.4) is 0 Å². The average Bonchev–Trinajstić information content (AvgIpc) is 3.05. The van der Waals surface area contributed by atoms with E-state index in [0.717, 1.165) is 19.6 Å². The number of hydrogen-bond donors (Lipinski definition) is 1. The van der Waals surface area contributed by atoms with Crippen LogP contribution in [0.4, 0.5) is 0 Å². The molecule has 3 rings (SSSR count). The number of nitrogens with zero attached hydrogens (tertiary/aromatic N) is 3. The van der Waals surface area contributed by atoms with Gasteiger partial charge in [-0.25, -0.2) is 4.98 Å². The van der Waals surface area contributed by atoms with Gasteiger partial charge < -0.3 is 14.5 Å². The number of imidazole rings is 1. The molecule has 1 N–H and O–H groups in total. The van der Waals surface area contributed by atoms with Crippen LogP contribution in [0.15, 0.2) is 43.0 Å². The van der Waals surface area contributed by atoms with Crippen LogP contribution >= 0.6 is 0 Å². The molecule has 2 aromatic heterocycles. The topological polar surface area (TPSA) is 34.8 Å². The van der Waals surface area contributed by atoms with E-state index in [9.17, 15) is 0 Å². The van der Waals surface area contributed by atoms with Crippen LogP contribution in [0, 0.1) is 0 Å². The van der Waals surface area contributed by atoms with Crippen molar-refractivity contribution in [2.24, 2.45) is 7.05 Å². The maximum Gasteiger partial charge on any atom is 0.0946 e. The number of rotatable bonds is 5. The molecule has 2 heterocycles. The number of para-hydroxylation sites is 1. The fourth-order valence-electron chi connectivity index (χ4n) is 2.59. The smallest absolute Gasteiger partial charge is 0.0946 e. The standard InChI is InChI=1S/C16H20N4/c1-3-17-9-14-6-4-5-13-7-8-20(16(13)14)11-15-10-18-12-19(15)2/h4-8,10,12,17H,3,9,11H2,1-2H3. The van der Waals surface area contributed by atoms with E-state index in [1.165, 1.54) is 22.2 Å². The van der Waals surface area contributed by atoms with Gasteiger partial charge in [0.2, 0.25) is 0 Å². The van der Waals surface area contributed by atoms with Crippen molar-refractivity contribution in [2.45, 2.75) is 20.0 Å².